The summed E-state index contributed by atoms with van der Waals surface area (Å²) in [6.07, 6.45) is -0.465. The van der Waals surface area contributed by atoms with E-state index < -0.39 is 12.1 Å². The summed E-state index contributed by atoms with van der Waals surface area (Å²) in [5.74, 6) is -0.798. The molecule has 0 radical (unpaired) electrons. The van der Waals surface area contributed by atoms with Gasteiger partial charge >= 0.3 is 5.97 Å². The molecule has 3 rings (SSSR count). The van der Waals surface area contributed by atoms with Gasteiger partial charge in [-0.3, -0.25) is 9.59 Å². The van der Waals surface area contributed by atoms with Crippen LogP contribution in [0.2, 0.25) is 0 Å². The summed E-state index contributed by atoms with van der Waals surface area (Å²) in [5, 5.41) is 11.8. The number of carbonyl (C=O) groups is 3. The van der Waals surface area contributed by atoms with Crippen LogP contribution in [0, 0.1) is 0 Å². The predicted octanol–water partition coefficient (Wildman–Crippen LogP) is 2.21. The summed E-state index contributed by atoms with van der Waals surface area (Å²) in [4.78, 5) is 37.1. The molecule has 0 aliphatic carbocycles. The molecule has 1 aliphatic heterocycles. The minimum atomic E-state index is -1.01. The quantitative estimate of drug-likeness (QED) is 0.815. The zero-order valence-corrected chi connectivity index (χ0v) is 14.8. The van der Waals surface area contributed by atoms with E-state index in [0.717, 1.165) is 0 Å². The zero-order chi connectivity index (χ0) is 19.4. The minimum Gasteiger partial charge on any atom is -0.479 e. The van der Waals surface area contributed by atoms with Gasteiger partial charge in [0.15, 0.2) is 6.10 Å². The molecule has 7 nitrogen and oxygen atoms in total. The molecule has 2 aromatic rings. The number of amides is 2. The van der Waals surface area contributed by atoms with Gasteiger partial charge in [0.2, 0.25) is 5.91 Å². The Morgan fingerprint density at radius 3 is 2.74 bits per heavy atom. The van der Waals surface area contributed by atoms with Crippen molar-refractivity contribution in [2.75, 3.05) is 11.4 Å². The highest BCUT2D eigenvalue weighted by atomic mass is 16.5. The highest BCUT2D eigenvalue weighted by molar-refractivity contribution is 6.00. The SMILES string of the molecule is C[C@H]1Oc2ccccc2N(CCC(=O)NCc2cccc(C(=O)O)c2)C1=O. The maximum atomic E-state index is 12.4. The number of carboxylic acid groups (broad SMARTS) is 1. The van der Waals surface area contributed by atoms with Crippen molar-refractivity contribution in [3.63, 3.8) is 0 Å². The third-order valence-electron chi connectivity index (χ3n) is 4.30. The van der Waals surface area contributed by atoms with Crippen LogP contribution in [-0.4, -0.2) is 35.5 Å². The monoisotopic (exact) mass is 368 g/mol. The van der Waals surface area contributed by atoms with Crippen molar-refractivity contribution in [1.82, 2.24) is 5.32 Å². The largest absolute Gasteiger partial charge is 0.479 e. The number of rotatable bonds is 6. The van der Waals surface area contributed by atoms with E-state index in [1.54, 1.807) is 36.1 Å². The minimum absolute atomic E-state index is 0.130. The first kappa shape index (κ1) is 18.4. The number of nitrogens with zero attached hydrogens (tertiary/aromatic N) is 1. The van der Waals surface area contributed by atoms with E-state index in [1.165, 1.54) is 12.1 Å². The van der Waals surface area contributed by atoms with Gasteiger partial charge in [0.1, 0.15) is 5.75 Å². The van der Waals surface area contributed by atoms with Gasteiger partial charge in [-0.05, 0) is 36.8 Å². The molecule has 27 heavy (non-hydrogen) atoms. The van der Waals surface area contributed by atoms with E-state index in [0.29, 0.717) is 17.0 Å². The number of carbonyl (C=O) groups excluding carboxylic acids is 2. The molecule has 0 aromatic heterocycles. The van der Waals surface area contributed by atoms with E-state index >= 15 is 0 Å². The lowest BCUT2D eigenvalue weighted by atomic mass is 10.1. The third-order valence-corrected chi connectivity index (χ3v) is 4.30. The van der Waals surface area contributed by atoms with Gasteiger partial charge in [0, 0.05) is 19.5 Å². The first-order valence-corrected chi connectivity index (χ1v) is 8.61. The Morgan fingerprint density at radius 2 is 1.96 bits per heavy atom. The fourth-order valence-corrected chi connectivity index (χ4v) is 2.91. The Bertz CT molecular complexity index is 880. The average molecular weight is 368 g/mol. The van der Waals surface area contributed by atoms with Gasteiger partial charge < -0.3 is 20.1 Å². The van der Waals surface area contributed by atoms with Crippen LogP contribution in [0.5, 0.6) is 5.75 Å². The fourth-order valence-electron chi connectivity index (χ4n) is 2.91. The molecule has 7 heteroatoms. The van der Waals surface area contributed by atoms with Crippen molar-refractivity contribution in [2.24, 2.45) is 0 Å². The number of benzene rings is 2. The molecule has 0 unspecified atom stereocenters. The smallest absolute Gasteiger partial charge is 0.335 e. The molecular weight excluding hydrogens is 348 g/mol. The van der Waals surface area contributed by atoms with Crippen LogP contribution in [-0.2, 0) is 16.1 Å². The van der Waals surface area contributed by atoms with Crippen molar-refractivity contribution in [1.29, 1.82) is 0 Å². The molecule has 1 heterocycles. The maximum absolute atomic E-state index is 12.4. The lowest BCUT2D eigenvalue weighted by Gasteiger charge is -2.32. The van der Waals surface area contributed by atoms with E-state index in [9.17, 15) is 14.4 Å². The van der Waals surface area contributed by atoms with Gasteiger partial charge in [0.05, 0.1) is 11.3 Å². The van der Waals surface area contributed by atoms with Gasteiger partial charge in [-0.25, -0.2) is 4.79 Å². The number of fused-ring (bicyclic) bond motifs is 1. The van der Waals surface area contributed by atoms with Gasteiger partial charge in [0.25, 0.3) is 5.91 Å². The van der Waals surface area contributed by atoms with Gasteiger partial charge in [-0.1, -0.05) is 24.3 Å². The molecule has 1 aliphatic rings. The molecule has 140 valence electrons. The molecule has 0 fully saturated rings. The van der Waals surface area contributed by atoms with E-state index in [2.05, 4.69) is 5.32 Å². The van der Waals surface area contributed by atoms with Crippen LogP contribution in [0.3, 0.4) is 0 Å². The zero-order valence-electron chi connectivity index (χ0n) is 14.8. The Hall–Kier alpha value is -3.35. The number of ether oxygens (including phenoxy) is 1. The molecule has 0 bridgehead atoms. The molecule has 0 saturated heterocycles. The lowest BCUT2D eigenvalue weighted by molar-refractivity contribution is -0.125. The summed E-state index contributed by atoms with van der Waals surface area (Å²) < 4.78 is 5.58. The summed E-state index contributed by atoms with van der Waals surface area (Å²) in [5.41, 5.74) is 1.53. The van der Waals surface area contributed by atoms with E-state index in [-0.39, 0.29) is 36.9 Å². The van der Waals surface area contributed by atoms with Gasteiger partial charge in [-0.15, -0.1) is 0 Å². The van der Waals surface area contributed by atoms with Crippen LogP contribution >= 0.6 is 0 Å². The highest BCUT2D eigenvalue weighted by Crippen LogP contribution is 2.33. The van der Waals surface area contributed by atoms with Crippen LogP contribution < -0.4 is 15.0 Å². The molecule has 1 atom stereocenters. The number of anilines is 1. The number of nitrogens with one attached hydrogen (secondary N) is 1. The summed E-state index contributed by atoms with van der Waals surface area (Å²) >= 11 is 0. The second-order valence-electron chi connectivity index (χ2n) is 6.25. The van der Waals surface area contributed by atoms with Crippen molar-refractivity contribution in [3.05, 3.63) is 59.7 Å². The van der Waals surface area contributed by atoms with Crippen LogP contribution in [0.25, 0.3) is 0 Å². The number of para-hydroxylation sites is 2. The maximum Gasteiger partial charge on any atom is 0.335 e. The predicted molar refractivity (Wildman–Crippen MR) is 98.8 cm³/mol. The van der Waals surface area contributed by atoms with Crippen molar-refractivity contribution in [3.8, 4) is 5.75 Å². The number of carboxylic acids is 1. The number of hydrogen-bond donors (Lipinski definition) is 2. The van der Waals surface area contributed by atoms with Crippen molar-refractivity contribution < 1.29 is 24.2 Å². The second-order valence-corrected chi connectivity index (χ2v) is 6.25. The first-order valence-electron chi connectivity index (χ1n) is 8.61. The van der Waals surface area contributed by atoms with Crippen LogP contribution in [0.4, 0.5) is 5.69 Å². The van der Waals surface area contributed by atoms with Gasteiger partial charge in [-0.2, -0.15) is 0 Å². The Kier molecular flexibility index (Phi) is 5.40. The Labute approximate surface area is 156 Å². The molecule has 0 spiro atoms. The third kappa shape index (κ3) is 4.25. The number of aromatic carboxylic acids is 1. The topological polar surface area (TPSA) is 95.9 Å². The molecule has 2 N–H and O–H groups in total. The summed E-state index contributed by atoms with van der Waals surface area (Å²) in [6.45, 7) is 2.15. The molecular formula is C20H20N2O5. The second kappa shape index (κ2) is 7.90. The summed E-state index contributed by atoms with van der Waals surface area (Å²) in [7, 11) is 0. The fraction of sp³-hybridized carbons (Fsp3) is 0.250. The van der Waals surface area contributed by atoms with Crippen molar-refractivity contribution >= 4 is 23.5 Å². The first-order chi connectivity index (χ1) is 13.0. The lowest BCUT2D eigenvalue weighted by Crippen LogP contribution is -2.45. The summed E-state index contributed by atoms with van der Waals surface area (Å²) in [6, 6.07) is 13.6. The molecule has 0 saturated carbocycles. The molecule has 2 amide bonds. The standard InChI is InChI=1S/C20H20N2O5/c1-13-19(24)22(16-7-2-3-8-17(16)27-13)10-9-18(23)21-12-14-5-4-6-15(11-14)20(25)26/h2-8,11,13H,9-10,12H2,1H3,(H,21,23)(H,25,26)/t13-/m1/s1. The van der Waals surface area contributed by atoms with Crippen LogP contribution in [0.1, 0.15) is 29.3 Å². The highest BCUT2D eigenvalue weighted by Gasteiger charge is 2.31. The Balaban J connectivity index is 1.58. The number of hydrogen-bond acceptors (Lipinski definition) is 4. The van der Waals surface area contributed by atoms with Crippen molar-refractivity contribution in [2.45, 2.75) is 26.0 Å². The van der Waals surface area contributed by atoms with Crippen LogP contribution in [0.15, 0.2) is 48.5 Å². The normalized spacial score (nSPS) is 15.7. The van der Waals surface area contributed by atoms with E-state index in [1.807, 2.05) is 12.1 Å². The van der Waals surface area contributed by atoms with E-state index in [4.69, 9.17) is 9.84 Å². The average Bonchev–Trinajstić information content (AvgIpc) is 2.67. The Morgan fingerprint density at radius 1 is 1.19 bits per heavy atom. The molecule has 2 aromatic carbocycles.